The smallest absolute Gasteiger partial charge is 0.270 e. The Morgan fingerprint density at radius 1 is 1.48 bits per heavy atom. The average Bonchev–Trinajstić information content (AvgIpc) is 3.01. The van der Waals surface area contributed by atoms with E-state index in [2.05, 4.69) is 30.9 Å². The van der Waals surface area contributed by atoms with E-state index in [1.807, 2.05) is 6.92 Å². The summed E-state index contributed by atoms with van der Waals surface area (Å²) < 4.78 is 1.74. The molecule has 0 fully saturated rings. The Labute approximate surface area is 118 Å². The van der Waals surface area contributed by atoms with Gasteiger partial charge in [-0.3, -0.25) is 14.9 Å². The molecule has 106 valence electrons. The van der Waals surface area contributed by atoms with Crippen LogP contribution in [0.2, 0.25) is 0 Å². The van der Waals surface area contributed by atoms with Gasteiger partial charge in [-0.25, -0.2) is 4.98 Å². The second kappa shape index (κ2) is 5.12. The second-order valence-corrected chi connectivity index (χ2v) is 4.22. The number of aromatic amines is 1. The van der Waals surface area contributed by atoms with Gasteiger partial charge >= 0.3 is 0 Å². The maximum Gasteiger partial charge on any atom is 0.270 e. The van der Waals surface area contributed by atoms with E-state index in [4.69, 9.17) is 0 Å². The number of hydrogen-bond acceptors (Lipinski definition) is 6. The number of H-pyrrole nitrogens is 1. The number of aryl methyl sites for hydroxylation is 1. The summed E-state index contributed by atoms with van der Waals surface area (Å²) in [5, 5.41) is 15.6. The van der Waals surface area contributed by atoms with Crippen LogP contribution in [-0.2, 0) is 6.54 Å². The fourth-order valence-electron chi connectivity index (χ4n) is 2.01. The van der Waals surface area contributed by atoms with Gasteiger partial charge in [0.15, 0.2) is 0 Å². The highest BCUT2D eigenvalue weighted by Gasteiger charge is 2.16. The first-order chi connectivity index (χ1) is 10.2. The third-order valence-corrected chi connectivity index (χ3v) is 2.99. The van der Waals surface area contributed by atoms with Gasteiger partial charge in [-0.05, 0) is 24.3 Å². The zero-order chi connectivity index (χ0) is 14.8. The van der Waals surface area contributed by atoms with Crippen LogP contribution in [0, 0.1) is 0 Å². The molecule has 0 aliphatic carbocycles. The van der Waals surface area contributed by atoms with Crippen LogP contribution in [0.3, 0.4) is 0 Å². The molecule has 1 amide bonds. The van der Waals surface area contributed by atoms with Crippen LogP contribution < -0.4 is 10.7 Å². The lowest BCUT2D eigenvalue weighted by Gasteiger charge is -2.09. The highest BCUT2D eigenvalue weighted by atomic mass is 16.2. The third-order valence-electron chi connectivity index (χ3n) is 2.99. The SMILES string of the molecule is CCn1cc(C(=O)Nc2nn[nH]n2)c(=O)c2cccnc21. The van der Waals surface area contributed by atoms with Crippen LogP contribution >= 0.6 is 0 Å². The third kappa shape index (κ3) is 2.24. The molecule has 3 rings (SSSR count). The Bertz CT molecular complexity index is 854. The van der Waals surface area contributed by atoms with Crippen LogP contribution in [0.15, 0.2) is 29.3 Å². The van der Waals surface area contributed by atoms with Crippen molar-refractivity contribution in [2.45, 2.75) is 13.5 Å². The molecule has 0 saturated carbocycles. The summed E-state index contributed by atoms with van der Waals surface area (Å²) in [4.78, 5) is 28.7. The number of fused-ring (bicyclic) bond motifs is 1. The van der Waals surface area contributed by atoms with E-state index in [-0.39, 0.29) is 16.9 Å². The lowest BCUT2D eigenvalue weighted by molar-refractivity contribution is 0.102. The number of carbonyl (C=O) groups is 1. The molecule has 0 aromatic carbocycles. The Morgan fingerprint density at radius 3 is 3.05 bits per heavy atom. The molecule has 9 heteroatoms. The Balaban J connectivity index is 2.12. The van der Waals surface area contributed by atoms with Crippen molar-refractivity contribution in [1.29, 1.82) is 0 Å². The minimum Gasteiger partial charge on any atom is -0.332 e. The molecular formula is C12H11N7O2. The quantitative estimate of drug-likeness (QED) is 0.708. The minimum atomic E-state index is -0.589. The van der Waals surface area contributed by atoms with Crippen LogP contribution in [-0.4, -0.2) is 36.1 Å². The topological polar surface area (TPSA) is 118 Å². The summed E-state index contributed by atoms with van der Waals surface area (Å²) in [6.45, 7) is 2.48. The summed E-state index contributed by atoms with van der Waals surface area (Å²) >= 11 is 0. The number of pyridine rings is 2. The molecule has 9 nitrogen and oxygen atoms in total. The standard InChI is InChI=1S/C12H11N7O2/c1-2-19-6-8(11(21)14-12-15-17-18-16-12)9(20)7-4-3-5-13-10(7)19/h3-6H,2H2,1H3,(H2,14,15,16,17,18,21). The maximum absolute atomic E-state index is 12.4. The zero-order valence-corrected chi connectivity index (χ0v) is 11.1. The zero-order valence-electron chi connectivity index (χ0n) is 11.1. The molecule has 3 aromatic heterocycles. The van der Waals surface area contributed by atoms with Gasteiger partial charge in [-0.15, -0.1) is 5.10 Å². The van der Waals surface area contributed by atoms with Crippen molar-refractivity contribution in [3.63, 3.8) is 0 Å². The van der Waals surface area contributed by atoms with Gasteiger partial charge in [0.2, 0.25) is 5.43 Å². The molecule has 3 aromatic rings. The van der Waals surface area contributed by atoms with E-state index in [0.717, 1.165) is 0 Å². The number of nitrogens with one attached hydrogen (secondary N) is 2. The molecule has 0 unspecified atom stereocenters. The van der Waals surface area contributed by atoms with Gasteiger partial charge in [0.05, 0.1) is 5.39 Å². The molecule has 0 bridgehead atoms. The van der Waals surface area contributed by atoms with Crippen LogP contribution in [0.1, 0.15) is 17.3 Å². The molecule has 0 saturated heterocycles. The first kappa shape index (κ1) is 12.9. The highest BCUT2D eigenvalue weighted by Crippen LogP contribution is 2.09. The summed E-state index contributed by atoms with van der Waals surface area (Å²) in [5.74, 6) is -0.580. The highest BCUT2D eigenvalue weighted by molar-refractivity contribution is 6.04. The molecule has 2 N–H and O–H groups in total. The van der Waals surface area contributed by atoms with E-state index in [1.165, 1.54) is 6.20 Å². The summed E-state index contributed by atoms with van der Waals surface area (Å²) in [5.41, 5.74) is 0.159. The van der Waals surface area contributed by atoms with Crippen molar-refractivity contribution in [3.05, 3.63) is 40.3 Å². The van der Waals surface area contributed by atoms with Crippen molar-refractivity contribution in [3.8, 4) is 0 Å². The molecule has 0 spiro atoms. The molecule has 0 aliphatic heterocycles. The van der Waals surface area contributed by atoms with Crippen molar-refractivity contribution in [2.24, 2.45) is 0 Å². The summed E-state index contributed by atoms with van der Waals surface area (Å²) in [6.07, 6.45) is 3.08. The fourth-order valence-corrected chi connectivity index (χ4v) is 2.01. The van der Waals surface area contributed by atoms with Crippen LogP contribution in [0.4, 0.5) is 5.95 Å². The average molecular weight is 285 g/mol. The Kier molecular flexibility index (Phi) is 3.14. The van der Waals surface area contributed by atoms with E-state index in [1.54, 1.807) is 22.9 Å². The maximum atomic E-state index is 12.4. The summed E-state index contributed by atoms with van der Waals surface area (Å²) in [7, 11) is 0. The van der Waals surface area contributed by atoms with E-state index >= 15 is 0 Å². The van der Waals surface area contributed by atoms with Gasteiger partial charge < -0.3 is 4.57 Å². The van der Waals surface area contributed by atoms with Crippen LogP contribution in [0.25, 0.3) is 11.0 Å². The van der Waals surface area contributed by atoms with Crippen molar-refractivity contribution < 1.29 is 4.79 Å². The van der Waals surface area contributed by atoms with Crippen molar-refractivity contribution in [2.75, 3.05) is 5.32 Å². The monoisotopic (exact) mass is 285 g/mol. The van der Waals surface area contributed by atoms with Crippen molar-refractivity contribution in [1.82, 2.24) is 30.2 Å². The Morgan fingerprint density at radius 2 is 2.33 bits per heavy atom. The van der Waals surface area contributed by atoms with Gasteiger partial charge in [0.1, 0.15) is 11.2 Å². The van der Waals surface area contributed by atoms with Gasteiger partial charge in [-0.2, -0.15) is 5.21 Å². The summed E-state index contributed by atoms with van der Waals surface area (Å²) in [6, 6.07) is 3.30. The molecule has 0 atom stereocenters. The molecule has 0 aliphatic rings. The van der Waals surface area contributed by atoms with E-state index in [9.17, 15) is 9.59 Å². The van der Waals surface area contributed by atoms with Gasteiger partial charge in [0.25, 0.3) is 11.9 Å². The normalized spacial score (nSPS) is 10.7. The lowest BCUT2D eigenvalue weighted by atomic mass is 10.2. The number of carbonyl (C=O) groups excluding carboxylic acids is 1. The number of aromatic nitrogens is 6. The fraction of sp³-hybridized carbons (Fsp3) is 0.167. The number of anilines is 1. The number of hydrogen-bond donors (Lipinski definition) is 2. The Hall–Kier alpha value is -3.10. The molecule has 21 heavy (non-hydrogen) atoms. The second-order valence-electron chi connectivity index (χ2n) is 4.22. The number of nitrogens with zero attached hydrogens (tertiary/aromatic N) is 5. The molecular weight excluding hydrogens is 274 g/mol. The largest absolute Gasteiger partial charge is 0.332 e. The molecule has 3 heterocycles. The van der Waals surface area contributed by atoms with Crippen molar-refractivity contribution >= 4 is 22.9 Å². The lowest BCUT2D eigenvalue weighted by Crippen LogP contribution is -2.24. The van der Waals surface area contributed by atoms with Crippen LogP contribution in [0.5, 0.6) is 0 Å². The first-order valence-corrected chi connectivity index (χ1v) is 6.23. The first-order valence-electron chi connectivity index (χ1n) is 6.23. The number of tetrazole rings is 1. The van der Waals surface area contributed by atoms with E-state index < -0.39 is 5.91 Å². The van der Waals surface area contributed by atoms with Gasteiger partial charge in [0, 0.05) is 18.9 Å². The van der Waals surface area contributed by atoms with Gasteiger partial charge in [-0.1, -0.05) is 5.10 Å². The predicted molar refractivity (Wildman–Crippen MR) is 73.8 cm³/mol. The van der Waals surface area contributed by atoms with E-state index in [0.29, 0.717) is 17.6 Å². The number of amides is 1. The molecule has 0 radical (unpaired) electrons. The minimum absolute atomic E-state index is 0.00199. The predicted octanol–water partition coefficient (Wildman–Crippen LogP) is 0.182. The number of rotatable bonds is 3.